The predicted octanol–water partition coefficient (Wildman–Crippen LogP) is -2.31. The summed E-state index contributed by atoms with van der Waals surface area (Å²) in [7, 11) is 0. The van der Waals surface area contributed by atoms with Crippen molar-refractivity contribution in [1.29, 1.82) is 0 Å². The maximum atomic E-state index is 11.1. The molecule has 0 saturated heterocycles. The first-order valence-corrected chi connectivity index (χ1v) is 3.54. The van der Waals surface area contributed by atoms with Gasteiger partial charge in [0.1, 0.15) is 0 Å². The molecule has 0 atom stereocenters. The average molecular weight is 195 g/mol. The molecule has 0 radical (unpaired) electrons. The van der Waals surface area contributed by atoms with Gasteiger partial charge in [-0.1, -0.05) is 0 Å². The van der Waals surface area contributed by atoms with Crippen LogP contribution in [0, 0.1) is 0 Å². The number of nitrogens with one attached hydrogen (secondary N) is 3. The van der Waals surface area contributed by atoms with Gasteiger partial charge in [0.2, 0.25) is 0 Å². The number of nitrogens with zero attached hydrogens (tertiary/aromatic N) is 3. The second-order valence-corrected chi connectivity index (χ2v) is 2.39. The van der Waals surface area contributed by atoms with Crippen LogP contribution in [0.25, 0.3) is 11.2 Å². The minimum atomic E-state index is -0.661. The van der Waals surface area contributed by atoms with E-state index in [4.69, 9.17) is 5.84 Å². The van der Waals surface area contributed by atoms with Crippen molar-refractivity contribution in [2.75, 3.05) is 5.43 Å². The Labute approximate surface area is 75.4 Å². The van der Waals surface area contributed by atoms with Crippen molar-refractivity contribution < 1.29 is 0 Å². The van der Waals surface area contributed by atoms with Crippen LogP contribution in [0.4, 0.5) is 5.95 Å². The Morgan fingerprint density at radius 2 is 2.00 bits per heavy atom. The zero-order chi connectivity index (χ0) is 10.1. The Morgan fingerprint density at radius 1 is 1.21 bits per heavy atom. The molecule has 0 unspecified atom stereocenters. The molecule has 14 heavy (non-hydrogen) atoms. The monoisotopic (exact) mass is 195 g/mol. The summed E-state index contributed by atoms with van der Waals surface area (Å²) in [6.45, 7) is 0. The van der Waals surface area contributed by atoms with Crippen LogP contribution < -0.4 is 22.5 Å². The van der Waals surface area contributed by atoms with Gasteiger partial charge in [0.05, 0.1) is 0 Å². The summed E-state index contributed by atoms with van der Waals surface area (Å²) in [4.78, 5) is 30.0. The number of anilines is 1. The molecular formula is C5H5N7O2. The topological polar surface area (TPSA) is 142 Å². The molecule has 0 aliphatic heterocycles. The molecular weight excluding hydrogens is 190 g/mol. The van der Waals surface area contributed by atoms with Gasteiger partial charge >= 0.3 is 5.69 Å². The molecule has 0 spiro atoms. The van der Waals surface area contributed by atoms with Gasteiger partial charge in [-0.05, 0) is 0 Å². The van der Waals surface area contributed by atoms with Crippen LogP contribution >= 0.6 is 0 Å². The van der Waals surface area contributed by atoms with Gasteiger partial charge in [-0.2, -0.15) is 4.98 Å². The summed E-state index contributed by atoms with van der Waals surface area (Å²) in [5.74, 6) is 5.04. The van der Waals surface area contributed by atoms with Crippen LogP contribution in [-0.4, -0.2) is 25.1 Å². The van der Waals surface area contributed by atoms with Crippen LogP contribution in [0.2, 0.25) is 0 Å². The molecule has 0 saturated carbocycles. The zero-order valence-electron chi connectivity index (χ0n) is 6.74. The number of hydrogen-bond donors (Lipinski definition) is 4. The number of aromatic nitrogens is 5. The Hall–Kier alpha value is -2.29. The van der Waals surface area contributed by atoms with Gasteiger partial charge in [0.15, 0.2) is 11.2 Å². The molecule has 9 heteroatoms. The lowest BCUT2D eigenvalue weighted by Gasteiger charge is -1.97. The minimum Gasteiger partial charge on any atom is -0.291 e. The third kappa shape index (κ3) is 1.21. The SMILES string of the molecule is NNc1nnc2c(=O)[nH]c(=O)[nH]c2n1. The van der Waals surface area contributed by atoms with Crippen molar-refractivity contribution in [3.05, 3.63) is 20.8 Å². The number of aromatic amines is 2. The number of hydrazine groups is 1. The standard InChI is InChI=1S/C5H5N7O2/c6-10-4-7-2-1(11-12-4)3(13)9-5(14)8-2/h6H2,(H3,7,8,9,10,12,13,14). The molecule has 0 fully saturated rings. The average Bonchev–Trinajstić information content (AvgIpc) is 2.16. The fourth-order valence-electron chi connectivity index (χ4n) is 0.928. The maximum absolute atomic E-state index is 11.1. The molecule has 72 valence electrons. The van der Waals surface area contributed by atoms with E-state index in [9.17, 15) is 9.59 Å². The van der Waals surface area contributed by atoms with E-state index in [1.165, 1.54) is 0 Å². The first-order valence-electron chi connectivity index (χ1n) is 3.54. The fourth-order valence-corrected chi connectivity index (χ4v) is 0.928. The van der Waals surface area contributed by atoms with Gasteiger partial charge in [-0.25, -0.2) is 10.6 Å². The fraction of sp³-hybridized carbons (Fsp3) is 0. The number of nitrogen functional groups attached to an aromatic ring is 1. The molecule has 2 heterocycles. The molecule has 0 aromatic carbocycles. The largest absolute Gasteiger partial charge is 0.327 e. The molecule has 2 rings (SSSR count). The zero-order valence-corrected chi connectivity index (χ0v) is 6.74. The highest BCUT2D eigenvalue weighted by molar-refractivity contribution is 5.67. The Bertz CT molecular complexity index is 584. The first kappa shape index (κ1) is 8.31. The second kappa shape index (κ2) is 2.88. The molecule has 5 N–H and O–H groups in total. The van der Waals surface area contributed by atoms with Crippen molar-refractivity contribution in [2.45, 2.75) is 0 Å². The maximum Gasteiger partial charge on any atom is 0.327 e. The number of hydrogen-bond acceptors (Lipinski definition) is 7. The van der Waals surface area contributed by atoms with Crippen molar-refractivity contribution in [3.63, 3.8) is 0 Å². The van der Waals surface area contributed by atoms with Crippen LogP contribution in [-0.2, 0) is 0 Å². The summed E-state index contributed by atoms with van der Waals surface area (Å²) in [6, 6.07) is 0. The lowest BCUT2D eigenvalue weighted by molar-refractivity contribution is 0.960. The van der Waals surface area contributed by atoms with Gasteiger partial charge in [-0.3, -0.25) is 20.2 Å². The van der Waals surface area contributed by atoms with Crippen molar-refractivity contribution in [2.24, 2.45) is 5.84 Å². The molecule has 0 bridgehead atoms. The second-order valence-electron chi connectivity index (χ2n) is 2.39. The first-order chi connectivity index (χ1) is 6.70. The van der Waals surface area contributed by atoms with Gasteiger partial charge in [0, 0.05) is 0 Å². The Kier molecular flexibility index (Phi) is 1.71. The van der Waals surface area contributed by atoms with Crippen LogP contribution in [0.3, 0.4) is 0 Å². The Morgan fingerprint density at radius 3 is 2.71 bits per heavy atom. The normalized spacial score (nSPS) is 10.4. The van der Waals surface area contributed by atoms with E-state index in [0.29, 0.717) is 0 Å². The molecule has 0 aliphatic carbocycles. The van der Waals surface area contributed by atoms with Crippen LogP contribution in [0.1, 0.15) is 0 Å². The van der Waals surface area contributed by atoms with Gasteiger partial charge in [0.25, 0.3) is 11.5 Å². The van der Waals surface area contributed by atoms with Crippen LogP contribution in [0.5, 0.6) is 0 Å². The highest BCUT2D eigenvalue weighted by Gasteiger charge is 2.04. The van der Waals surface area contributed by atoms with Crippen molar-refractivity contribution in [1.82, 2.24) is 25.1 Å². The highest BCUT2D eigenvalue weighted by Crippen LogP contribution is 1.97. The molecule has 2 aromatic rings. The summed E-state index contributed by atoms with van der Waals surface area (Å²) < 4.78 is 0. The van der Waals surface area contributed by atoms with E-state index < -0.39 is 11.2 Å². The molecule has 2 aromatic heterocycles. The predicted molar refractivity (Wildman–Crippen MR) is 46.4 cm³/mol. The van der Waals surface area contributed by atoms with Gasteiger partial charge in [-0.15, -0.1) is 10.2 Å². The summed E-state index contributed by atoms with van der Waals surface area (Å²) >= 11 is 0. The van der Waals surface area contributed by atoms with Crippen molar-refractivity contribution >= 4 is 17.1 Å². The van der Waals surface area contributed by atoms with Crippen molar-refractivity contribution in [3.8, 4) is 0 Å². The number of H-pyrrole nitrogens is 2. The number of rotatable bonds is 1. The van der Waals surface area contributed by atoms with E-state index in [2.05, 4.69) is 25.6 Å². The van der Waals surface area contributed by atoms with Gasteiger partial charge < -0.3 is 0 Å². The number of nitrogens with two attached hydrogens (primary N) is 1. The number of fused-ring (bicyclic) bond motifs is 1. The summed E-state index contributed by atoms with van der Waals surface area (Å²) in [6.07, 6.45) is 0. The molecule has 0 amide bonds. The quantitative estimate of drug-likeness (QED) is 0.295. The van der Waals surface area contributed by atoms with E-state index in [0.717, 1.165) is 0 Å². The third-order valence-electron chi connectivity index (χ3n) is 1.49. The molecule has 9 nitrogen and oxygen atoms in total. The highest BCUT2D eigenvalue weighted by atomic mass is 16.2. The summed E-state index contributed by atoms with van der Waals surface area (Å²) in [5, 5.41) is 7.00. The lowest BCUT2D eigenvalue weighted by Crippen LogP contribution is -2.24. The van der Waals surface area contributed by atoms with E-state index >= 15 is 0 Å². The minimum absolute atomic E-state index is 0.0127. The summed E-state index contributed by atoms with van der Waals surface area (Å²) in [5.41, 5.74) is 0.809. The van der Waals surface area contributed by atoms with Crippen LogP contribution in [0.15, 0.2) is 9.59 Å². The van der Waals surface area contributed by atoms with E-state index in [1.807, 2.05) is 4.98 Å². The third-order valence-corrected chi connectivity index (χ3v) is 1.49. The smallest absolute Gasteiger partial charge is 0.291 e. The van der Waals surface area contributed by atoms with E-state index in [-0.39, 0.29) is 17.1 Å². The van der Waals surface area contributed by atoms with E-state index in [1.54, 1.807) is 0 Å². The molecule has 0 aliphatic rings. The Balaban J connectivity index is 2.89. The lowest BCUT2D eigenvalue weighted by atomic mass is 10.5.